The molecule has 2 aromatic rings. The lowest BCUT2D eigenvalue weighted by Gasteiger charge is -2.30. The van der Waals surface area contributed by atoms with Crippen molar-refractivity contribution in [3.05, 3.63) is 34.6 Å². The van der Waals surface area contributed by atoms with Crippen molar-refractivity contribution in [2.45, 2.75) is 58.7 Å². The number of carbonyl (C=O) groups is 3. The number of fused-ring (bicyclic) bond motifs is 1. The average molecular weight is 492 g/mol. The lowest BCUT2D eigenvalue weighted by atomic mass is 10.0. The molecule has 0 radical (unpaired) electrons. The monoisotopic (exact) mass is 491 g/mol. The number of aromatic nitrogens is 2. The van der Waals surface area contributed by atoms with Crippen molar-refractivity contribution >= 4 is 44.8 Å². The molecule has 3 rings (SSSR count). The van der Waals surface area contributed by atoms with Crippen molar-refractivity contribution < 1.29 is 23.9 Å². The fourth-order valence-electron chi connectivity index (χ4n) is 3.46. The number of carbonyl (C=O) groups excluding carboxylic acids is 3. The zero-order chi connectivity index (χ0) is 22.9. The summed E-state index contributed by atoms with van der Waals surface area (Å²) in [5, 5.41) is 0. The highest BCUT2D eigenvalue weighted by atomic mass is 79.9. The van der Waals surface area contributed by atoms with Gasteiger partial charge in [0.15, 0.2) is 6.61 Å². The van der Waals surface area contributed by atoms with Gasteiger partial charge in [0, 0.05) is 10.5 Å². The van der Waals surface area contributed by atoms with Gasteiger partial charge in [0.2, 0.25) is 5.78 Å². The number of esters is 1. The van der Waals surface area contributed by atoms with Crippen LogP contribution in [-0.4, -0.2) is 57.0 Å². The van der Waals surface area contributed by atoms with E-state index in [4.69, 9.17) is 9.47 Å². The molecule has 8 nitrogen and oxygen atoms in total. The minimum atomic E-state index is -0.798. The van der Waals surface area contributed by atoms with Crippen LogP contribution >= 0.6 is 15.9 Å². The Morgan fingerprint density at radius 3 is 2.58 bits per heavy atom. The number of nitrogens with zero attached hydrogens (tertiary/aromatic N) is 3. The van der Waals surface area contributed by atoms with Crippen LogP contribution in [0.1, 0.15) is 51.5 Å². The molecule has 9 heteroatoms. The first-order valence-electron chi connectivity index (χ1n) is 10.1. The van der Waals surface area contributed by atoms with Crippen LogP contribution in [-0.2, 0) is 14.3 Å². The standard InChI is InChI=1S/C22H26BrN3O5/c1-12-8-18(26(13(12)2)21(29)31-22(3,4)5)20(28)30-11-19(27)17-10-24-16-9-14(23)6-7-15(16)25-17/h6-7,9-10,12-13,18H,8,11H2,1-5H3/t12-,13-,18+/m1/s1. The summed E-state index contributed by atoms with van der Waals surface area (Å²) >= 11 is 3.36. The summed E-state index contributed by atoms with van der Waals surface area (Å²) in [6, 6.07) is 4.36. The maximum Gasteiger partial charge on any atom is 0.411 e. The molecule has 1 aliphatic heterocycles. The zero-order valence-electron chi connectivity index (χ0n) is 18.2. The van der Waals surface area contributed by atoms with Crippen molar-refractivity contribution in [1.29, 1.82) is 0 Å². The number of ketones is 1. The van der Waals surface area contributed by atoms with Gasteiger partial charge in [-0.25, -0.2) is 14.6 Å². The van der Waals surface area contributed by atoms with Gasteiger partial charge in [-0.05, 0) is 58.2 Å². The summed E-state index contributed by atoms with van der Waals surface area (Å²) in [5.41, 5.74) is 0.636. The van der Waals surface area contributed by atoms with E-state index in [1.54, 1.807) is 39.0 Å². The van der Waals surface area contributed by atoms with Gasteiger partial charge in [0.05, 0.1) is 17.2 Å². The highest BCUT2D eigenvalue weighted by Crippen LogP contribution is 2.31. The van der Waals surface area contributed by atoms with Crippen molar-refractivity contribution in [1.82, 2.24) is 14.9 Å². The summed E-state index contributed by atoms with van der Waals surface area (Å²) in [6.07, 6.45) is 1.24. The number of ether oxygens (including phenoxy) is 2. The van der Waals surface area contributed by atoms with Crippen LogP contribution in [0.25, 0.3) is 11.0 Å². The van der Waals surface area contributed by atoms with Crippen LogP contribution < -0.4 is 0 Å². The Kier molecular flexibility index (Phi) is 6.64. The SMILES string of the molecule is C[C@@H]1C[C@@H](C(=O)OCC(=O)c2cnc3cc(Br)ccc3n2)N(C(=O)OC(C)(C)C)[C@@H]1C. The van der Waals surface area contributed by atoms with Crippen LogP contribution in [0.3, 0.4) is 0 Å². The van der Waals surface area contributed by atoms with Gasteiger partial charge in [0.1, 0.15) is 17.3 Å². The quantitative estimate of drug-likeness (QED) is 0.467. The number of hydrogen-bond acceptors (Lipinski definition) is 7. The maximum absolute atomic E-state index is 12.7. The number of likely N-dealkylation sites (tertiary alicyclic amines) is 1. The molecule has 0 saturated carbocycles. The van der Waals surface area contributed by atoms with E-state index in [0.29, 0.717) is 17.5 Å². The van der Waals surface area contributed by atoms with E-state index in [9.17, 15) is 14.4 Å². The van der Waals surface area contributed by atoms with Gasteiger partial charge >= 0.3 is 12.1 Å². The molecule has 1 aromatic carbocycles. The highest BCUT2D eigenvalue weighted by molar-refractivity contribution is 9.10. The van der Waals surface area contributed by atoms with Crippen molar-refractivity contribution in [3.8, 4) is 0 Å². The first-order valence-corrected chi connectivity index (χ1v) is 10.9. The number of hydrogen-bond donors (Lipinski definition) is 0. The van der Waals surface area contributed by atoms with Gasteiger partial charge in [-0.2, -0.15) is 0 Å². The van der Waals surface area contributed by atoms with Crippen molar-refractivity contribution in [3.63, 3.8) is 0 Å². The first-order chi connectivity index (χ1) is 14.5. The molecule has 2 heterocycles. The zero-order valence-corrected chi connectivity index (χ0v) is 19.8. The molecule has 1 aliphatic rings. The third kappa shape index (κ3) is 5.39. The number of benzene rings is 1. The van der Waals surface area contributed by atoms with Crippen LogP contribution in [0.2, 0.25) is 0 Å². The Balaban J connectivity index is 1.68. The summed E-state index contributed by atoms with van der Waals surface area (Å²) in [7, 11) is 0. The third-order valence-corrected chi connectivity index (χ3v) is 5.70. The molecule has 0 bridgehead atoms. The molecular formula is C22H26BrN3O5. The second-order valence-corrected chi connectivity index (χ2v) is 9.69. The van der Waals surface area contributed by atoms with Crippen LogP contribution in [0.15, 0.2) is 28.9 Å². The molecular weight excluding hydrogens is 466 g/mol. The van der Waals surface area contributed by atoms with E-state index in [1.165, 1.54) is 11.1 Å². The molecule has 0 aliphatic carbocycles. The molecule has 0 unspecified atom stereocenters. The number of amides is 1. The predicted molar refractivity (Wildman–Crippen MR) is 118 cm³/mol. The molecule has 1 fully saturated rings. The van der Waals surface area contributed by atoms with Gasteiger partial charge in [0.25, 0.3) is 0 Å². The topological polar surface area (TPSA) is 98.7 Å². The first kappa shape index (κ1) is 23.1. The molecule has 0 N–H and O–H groups in total. The Bertz CT molecular complexity index is 1020. The van der Waals surface area contributed by atoms with E-state index in [0.717, 1.165) is 4.47 Å². The molecule has 1 amide bonds. The van der Waals surface area contributed by atoms with E-state index in [1.807, 2.05) is 13.8 Å². The smallest absolute Gasteiger partial charge is 0.411 e. The second-order valence-electron chi connectivity index (χ2n) is 8.78. The minimum absolute atomic E-state index is 0.0893. The summed E-state index contributed by atoms with van der Waals surface area (Å²) in [6.45, 7) is 8.66. The van der Waals surface area contributed by atoms with Gasteiger partial charge < -0.3 is 9.47 Å². The lowest BCUT2D eigenvalue weighted by Crippen LogP contribution is -2.47. The summed E-state index contributed by atoms with van der Waals surface area (Å²) in [4.78, 5) is 47.8. The normalized spacial score (nSPS) is 21.2. The van der Waals surface area contributed by atoms with E-state index < -0.39 is 36.1 Å². The van der Waals surface area contributed by atoms with Gasteiger partial charge in [-0.3, -0.25) is 14.7 Å². The predicted octanol–water partition coefficient (Wildman–Crippen LogP) is 4.15. The van der Waals surface area contributed by atoms with Gasteiger partial charge in [-0.1, -0.05) is 22.9 Å². The number of rotatable bonds is 4. The number of Topliss-reactive ketones (excluding diaryl/α,β-unsaturated/α-hetero) is 1. The fourth-order valence-corrected chi connectivity index (χ4v) is 3.81. The largest absolute Gasteiger partial charge is 0.456 e. The second kappa shape index (κ2) is 8.90. The fraction of sp³-hybridized carbons (Fsp3) is 0.500. The highest BCUT2D eigenvalue weighted by Gasteiger charge is 2.45. The Morgan fingerprint density at radius 1 is 1.19 bits per heavy atom. The van der Waals surface area contributed by atoms with E-state index >= 15 is 0 Å². The van der Waals surface area contributed by atoms with E-state index in [-0.39, 0.29) is 17.7 Å². The van der Waals surface area contributed by atoms with E-state index in [2.05, 4.69) is 25.9 Å². The minimum Gasteiger partial charge on any atom is -0.456 e. The molecule has 166 valence electrons. The summed E-state index contributed by atoms with van der Waals surface area (Å²) in [5.74, 6) is -1.01. The van der Waals surface area contributed by atoms with Crippen LogP contribution in [0.4, 0.5) is 4.79 Å². The van der Waals surface area contributed by atoms with Crippen molar-refractivity contribution in [2.75, 3.05) is 6.61 Å². The summed E-state index contributed by atoms with van der Waals surface area (Å²) < 4.78 is 11.6. The molecule has 3 atom stereocenters. The maximum atomic E-state index is 12.7. The Morgan fingerprint density at radius 2 is 1.90 bits per heavy atom. The molecule has 31 heavy (non-hydrogen) atoms. The number of halogens is 1. The third-order valence-electron chi connectivity index (χ3n) is 5.20. The van der Waals surface area contributed by atoms with Crippen molar-refractivity contribution in [2.24, 2.45) is 5.92 Å². The van der Waals surface area contributed by atoms with Gasteiger partial charge in [-0.15, -0.1) is 0 Å². The molecule has 1 aromatic heterocycles. The Labute approximate surface area is 189 Å². The van der Waals surface area contributed by atoms with Crippen LogP contribution in [0, 0.1) is 5.92 Å². The molecule has 0 spiro atoms. The molecule has 1 saturated heterocycles. The average Bonchev–Trinajstić information content (AvgIpc) is 2.99. The lowest BCUT2D eigenvalue weighted by molar-refractivity contribution is -0.148. The van der Waals surface area contributed by atoms with Crippen LogP contribution in [0.5, 0.6) is 0 Å². The Hall–Kier alpha value is -2.55.